The minimum atomic E-state index is 0.0262. The number of aromatic nitrogens is 1. The number of rotatable bonds is 5. The number of hydrogen-bond donors (Lipinski definition) is 1. The molecule has 0 radical (unpaired) electrons. The number of nitrogens with zero attached hydrogens (tertiary/aromatic N) is 1. The van der Waals surface area contributed by atoms with Crippen LogP contribution < -0.4 is 5.32 Å². The molecule has 1 aromatic carbocycles. The maximum atomic E-state index is 11.0. The molecule has 0 aliphatic heterocycles. The second-order valence-electron chi connectivity index (χ2n) is 5.34. The van der Waals surface area contributed by atoms with Gasteiger partial charge >= 0.3 is 0 Å². The van der Waals surface area contributed by atoms with E-state index in [1.165, 1.54) is 22.0 Å². The van der Waals surface area contributed by atoms with Crippen LogP contribution in [0.5, 0.6) is 0 Å². The zero-order chi connectivity index (χ0) is 14.5. The van der Waals surface area contributed by atoms with Crippen molar-refractivity contribution in [3.8, 4) is 0 Å². The Labute approximate surface area is 120 Å². The van der Waals surface area contributed by atoms with Gasteiger partial charge in [-0.2, -0.15) is 0 Å². The van der Waals surface area contributed by atoms with Gasteiger partial charge in [-0.3, -0.25) is 4.79 Å². The van der Waals surface area contributed by atoms with Crippen molar-refractivity contribution in [2.45, 2.75) is 33.7 Å². The molecule has 0 aliphatic rings. The Bertz CT molecular complexity index is 633. The number of para-hydroxylation sites is 1. The highest BCUT2D eigenvalue weighted by Gasteiger charge is 2.07. The third kappa shape index (κ3) is 3.50. The SMILES string of the molecule is CC(=O)NCCc1cn(CC=C(C)C)c2ccccc12. The zero-order valence-electron chi connectivity index (χ0n) is 12.4. The summed E-state index contributed by atoms with van der Waals surface area (Å²) in [6.45, 7) is 7.36. The molecule has 1 aromatic heterocycles. The van der Waals surface area contributed by atoms with Crippen LogP contribution >= 0.6 is 0 Å². The molecule has 1 amide bonds. The van der Waals surface area contributed by atoms with E-state index in [1.807, 2.05) is 0 Å². The molecule has 0 saturated carbocycles. The summed E-state index contributed by atoms with van der Waals surface area (Å²) in [5.74, 6) is 0.0262. The van der Waals surface area contributed by atoms with Gasteiger partial charge in [0.1, 0.15) is 0 Å². The molecule has 0 saturated heterocycles. The Morgan fingerprint density at radius 2 is 2.00 bits per heavy atom. The van der Waals surface area contributed by atoms with Gasteiger partial charge in [-0.1, -0.05) is 29.8 Å². The summed E-state index contributed by atoms with van der Waals surface area (Å²) < 4.78 is 2.27. The lowest BCUT2D eigenvalue weighted by Crippen LogP contribution is -2.22. The lowest BCUT2D eigenvalue weighted by atomic mass is 10.1. The normalized spacial score (nSPS) is 10.6. The molecule has 20 heavy (non-hydrogen) atoms. The second kappa shape index (κ2) is 6.42. The maximum Gasteiger partial charge on any atom is 0.216 e. The van der Waals surface area contributed by atoms with Crippen molar-refractivity contribution in [1.82, 2.24) is 9.88 Å². The predicted molar refractivity (Wildman–Crippen MR) is 83.8 cm³/mol. The summed E-state index contributed by atoms with van der Waals surface area (Å²) in [4.78, 5) is 11.0. The van der Waals surface area contributed by atoms with Crippen LogP contribution in [0, 0.1) is 0 Å². The highest BCUT2D eigenvalue weighted by atomic mass is 16.1. The molecular formula is C17H22N2O. The van der Waals surface area contributed by atoms with Crippen molar-refractivity contribution in [3.63, 3.8) is 0 Å². The number of allylic oxidation sites excluding steroid dienone is 2. The van der Waals surface area contributed by atoms with Gasteiger partial charge in [-0.15, -0.1) is 0 Å². The van der Waals surface area contributed by atoms with Gasteiger partial charge in [0.05, 0.1) is 0 Å². The van der Waals surface area contributed by atoms with E-state index in [1.54, 1.807) is 6.92 Å². The van der Waals surface area contributed by atoms with Gasteiger partial charge in [0.2, 0.25) is 5.91 Å². The smallest absolute Gasteiger partial charge is 0.216 e. The lowest BCUT2D eigenvalue weighted by Gasteiger charge is -2.01. The molecule has 2 aromatic rings. The molecule has 3 heteroatoms. The van der Waals surface area contributed by atoms with Crippen LogP contribution in [0.2, 0.25) is 0 Å². The van der Waals surface area contributed by atoms with Crippen LogP contribution in [-0.4, -0.2) is 17.0 Å². The van der Waals surface area contributed by atoms with E-state index in [0.717, 1.165) is 13.0 Å². The fourth-order valence-electron chi connectivity index (χ4n) is 2.33. The van der Waals surface area contributed by atoms with Crippen molar-refractivity contribution in [2.24, 2.45) is 0 Å². The Kier molecular flexibility index (Phi) is 4.61. The van der Waals surface area contributed by atoms with Crippen molar-refractivity contribution in [3.05, 3.63) is 47.7 Å². The van der Waals surface area contributed by atoms with Crippen LogP contribution in [0.3, 0.4) is 0 Å². The number of fused-ring (bicyclic) bond motifs is 1. The molecule has 0 fully saturated rings. The first kappa shape index (κ1) is 14.4. The first-order valence-corrected chi connectivity index (χ1v) is 7.02. The van der Waals surface area contributed by atoms with Crippen molar-refractivity contribution < 1.29 is 4.79 Å². The minimum absolute atomic E-state index is 0.0262. The average molecular weight is 270 g/mol. The molecule has 0 spiro atoms. The van der Waals surface area contributed by atoms with Crippen LogP contribution in [0.25, 0.3) is 10.9 Å². The third-order valence-electron chi connectivity index (χ3n) is 3.34. The highest BCUT2D eigenvalue weighted by Crippen LogP contribution is 2.21. The lowest BCUT2D eigenvalue weighted by molar-refractivity contribution is -0.118. The molecule has 1 N–H and O–H groups in total. The van der Waals surface area contributed by atoms with Crippen LogP contribution in [0.15, 0.2) is 42.1 Å². The summed E-state index contributed by atoms with van der Waals surface area (Å²) in [7, 11) is 0. The predicted octanol–water partition coefficient (Wildman–Crippen LogP) is 3.29. The standard InChI is InChI=1S/C17H22N2O/c1-13(2)9-11-19-12-15(8-10-18-14(3)20)16-6-4-5-7-17(16)19/h4-7,9,12H,8,10-11H2,1-3H3,(H,18,20). The van der Waals surface area contributed by atoms with Gasteiger partial charge in [0.15, 0.2) is 0 Å². The van der Waals surface area contributed by atoms with Crippen LogP contribution in [-0.2, 0) is 17.8 Å². The summed E-state index contributed by atoms with van der Waals surface area (Å²) in [5.41, 5.74) is 3.86. The average Bonchev–Trinajstić information content (AvgIpc) is 2.75. The van der Waals surface area contributed by atoms with Crippen molar-refractivity contribution in [1.29, 1.82) is 0 Å². The molecular weight excluding hydrogens is 248 g/mol. The largest absolute Gasteiger partial charge is 0.356 e. The minimum Gasteiger partial charge on any atom is -0.356 e. The van der Waals surface area contributed by atoms with E-state index < -0.39 is 0 Å². The number of hydrogen-bond acceptors (Lipinski definition) is 1. The summed E-state index contributed by atoms with van der Waals surface area (Å²) in [5, 5.41) is 4.14. The van der Waals surface area contributed by atoms with E-state index in [0.29, 0.717) is 6.54 Å². The molecule has 2 rings (SSSR count). The molecule has 0 bridgehead atoms. The molecule has 0 unspecified atom stereocenters. The fourth-order valence-corrected chi connectivity index (χ4v) is 2.33. The number of carbonyl (C=O) groups excluding carboxylic acids is 1. The highest BCUT2D eigenvalue weighted by molar-refractivity contribution is 5.84. The second-order valence-corrected chi connectivity index (χ2v) is 5.34. The van der Waals surface area contributed by atoms with Crippen molar-refractivity contribution >= 4 is 16.8 Å². The van der Waals surface area contributed by atoms with Gasteiger partial charge in [-0.05, 0) is 31.9 Å². The topological polar surface area (TPSA) is 34.0 Å². The Morgan fingerprint density at radius 3 is 2.70 bits per heavy atom. The number of nitrogens with one attached hydrogen (secondary N) is 1. The quantitative estimate of drug-likeness (QED) is 0.831. The summed E-state index contributed by atoms with van der Waals surface area (Å²) in [6, 6.07) is 8.43. The Hall–Kier alpha value is -2.03. The van der Waals surface area contributed by atoms with E-state index in [-0.39, 0.29) is 5.91 Å². The van der Waals surface area contributed by atoms with E-state index in [2.05, 4.69) is 60.3 Å². The molecule has 106 valence electrons. The van der Waals surface area contributed by atoms with Crippen molar-refractivity contribution in [2.75, 3.05) is 6.54 Å². The number of amides is 1. The number of benzene rings is 1. The van der Waals surface area contributed by atoms with Crippen LogP contribution in [0.1, 0.15) is 26.3 Å². The first-order valence-electron chi connectivity index (χ1n) is 7.02. The van der Waals surface area contributed by atoms with Gasteiger partial charge < -0.3 is 9.88 Å². The van der Waals surface area contributed by atoms with Gasteiger partial charge in [-0.25, -0.2) is 0 Å². The maximum absolute atomic E-state index is 11.0. The fraction of sp³-hybridized carbons (Fsp3) is 0.353. The van der Waals surface area contributed by atoms with E-state index in [4.69, 9.17) is 0 Å². The van der Waals surface area contributed by atoms with E-state index in [9.17, 15) is 4.79 Å². The molecule has 3 nitrogen and oxygen atoms in total. The van der Waals surface area contributed by atoms with Gasteiger partial charge in [0, 0.05) is 37.1 Å². The molecule has 1 heterocycles. The monoisotopic (exact) mass is 270 g/mol. The Balaban J connectivity index is 2.25. The Morgan fingerprint density at radius 1 is 1.25 bits per heavy atom. The third-order valence-corrected chi connectivity index (χ3v) is 3.34. The number of carbonyl (C=O) groups is 1. The zero-order valence-corrected chi connectivity index (χ0v) is 12.4. The van der Waals surface area contributed by atoms with Gasteiger partial charge in [0.25, 0.3) is 0 Å². The first-order chi connectivity index (χ1) is 9.58. The van der Waals surface area contributed by atoms with Crippen LogP contribution in [0.4, 0.5) is 0 Å². The molecule has 0 atom stereocenters. The summed E-state index contributed by atoms with van der Waals surface area (Å²) in [6.07, 6.45) is 5.29. The molecule has 0 aliphatic carbocycles. The van der Waals surface area contributed by atoms with E-state index >= 15 is 0 Å². The summed E-state index contributed by atoms with van der Waals surface area (Å²) >= 11 is 0.